The van der Waals surface area contributed by atoms with Crippen LogP contribution >= 0.6 is 0 Å². The number of carboxylic acids is 1. The number of hydrogen-bond acceptors (Lipinski definition) is 3. The minimum absolute atomic E-state index is 0.0388. The number of pyridine rings is 1. The second-order valence-corrected chi connectivity index (χ2v) is 5.00. The van der Waals surface area contributed by atoms with Gasteiger partial charge < -0.3 is 9.52 Å². The molecular weight excluding hydrogens is 266 g/mol. The first-order valence-electron chi connectivity index (χ1n) is 6.63. The molecule has 0 saturated heterocycles. The highest BCUT2D eigenvalue weighted by Gasteiger charge is 2.25. The lowest BCUT2D eigenvalue weighted by atomic mass is 10.0. The second-order valence-electron chi connectivity index (χ2n) is 5.00. The van der Waals surface area contributed by atoms with Crippen molar-refractivity contribution < 1.29 is 14.3 Å². The van der Waals surface area contributed by atoms with Crippen molar-refractivity contribution in [3.63, 3.8) is 0 Å². The molecule has 2 aromatic heterocycles. The van der Waals surface area contributed by atoms with Crippen molar-refractivity contribution in [3.05, 3.63) is 65.5 Å². The first-order chi connectivity index (χ1) is 10.2. The highest BCUT2D eigenvalue weighted by atomic mass is 16.4. The van der Waals surface area contributed by atoms with Crippen molar-refractivity contribution in [1.82, 2.24) is 4.98 Å². The number of carbonyl (C=O) groups is 1. The monoisotopic (exact) mass is 277 g/mol. The molecule has 1 aliphatic carbocycles. The molecule has 0 spiro atoms. The maximum absolute atomic E-state index is 11.3. The highest BCUT2D eigenvalue weighted by Crippen LogP contribution is 2.41. The van der Waals surface area contributed by atoms with Gasteiger partial charge in [-0.05, 0) is 40.5 Å². The van der Waals surface area contributed by atoms with Crippen molar-refractivity contribution >= 4 is 5.97 Å². The third-order valence-corrected chi connectivity index (χ3v) is 3.77. The molecule has 0 radical (unpaired) electrons. The smallest absolute Gasteiger partial charge is 0.354 e. The van der Waals surface area contributed by atoms with E-state index in [1.54, 1.807) is 24.5 Å². The molecule has 0 saturated carbocycles. The number of hydrogen-bond donors (Lipinski definition) is 1. The normalized spacial score (nSPS) is 12.0. The average Bonchev–Trinajstić information content (AvgIpc) is 3.13. The molecular formula is C17H11NO3. The van der Waals surface area contributed by atoms with Crippen molar-refractivity contribution in [2.24, 2.45) is 0 Å². The van der Waals surface area contributed by atoms with Crippen molar-refractivity contribution in [3.8, 4) is 22.6 Å². The van der Waals surface area contributed by atoms with Gasteiger partial charge in [0.2, 0.25) is 0 Å². The van der Waals surface area contributed by atoms with Crippen LogP contribution in [-0.2, 0) is 6.42 Å². The Morgan fingerprint density at radius 1 is 1.14 bits per heavy atom. The molecule has 0 amide bonds. The zero-order valence-electron chi connectivity index (χ0n) is 11.0. The molecule has 0 atom stereocenters. The fourth-order valence-electron chi connectivity index (χ4n) is 2.85. The van der Waals surface area contributed by atoms with Crippen LogP contribution in [0.2, 0.25) is 0 Å². The van der Waals surface area contributed by atoms with Gasteiger partial charge in [0.05, 0.1) is 6.26 Å². The SMILES string of the molecule is O=C(O)c1cc2c(c(-c3ccco3)n1)Cc1ccccc1-2. The summed E-state index contributed by atoms with van der Waals surface area (Å²) in [5.74, 6) is -0.433. The van der Waals surface area contributed by atoms with E-state index >= 15 is 0 Å². The molecule has 4 rings (SSSR count). The molecule has 102 valence electrons. The summed E-state index contributed by atoms with van der Waals surface area (Å²) in [6.07, 6.45) is 2.31. The molecule has 4 heteroatoms. The van der Waals surface area contributed by atoms with Crippen LogP contribution < -0.4 is 0 Å². The Labute approximate surface area is 120 Å². The van der Waals surface area contributed by atoms with Crippen molar-refractivity contribution in [2.45, 2.75) is 6.42 Å². The fourth-order valence-corrected chi connectivity index (χ4v) is 2.85. The molecule has 1 N–H and O–H groups in total. The number of fused-ring (bicyclic) bond motifs is 3. The standard InChI is InChI=1S/C17H11NO3/c19-17(20)14-9-12-11-5-2-1-4-10(11)8-13(12)16(18-14)15-6-3-7-21-15/h1-7,9H,8H2,(H,19,20). The van der Waals surface area contributed by atoms with Crippen LogP contribution in [0.15, 0.2) is 53.1 Å². The highest BCUT2D eigenvalue weighted by molar-refractivity contribution is 5.91. The molecule has 2 heterocycles. The van der Waals surface area contributed by atoms with Gasteiger partial charge in [-0.15, -0.1) is 0 Å². The third-order valence-electron chi connectivity index (χ3n) is 3.77. The summed E-state index contributed by atoms with van der Waals surface area (Å²) in [6.45, 7) is 0. The largest absolute Gasteiger partial charge is 0.477 e. The van der Waals surface area contributed by atoms with Crippen molar-refractivity contribution in [2.75, 3.05) is 0 Å². The van der Waals surface area contributed by atoms with Gasteiger partial charge in [0, 0.05) is 6.42 Å². The number of aromatic carboxylic acids is 1. The number of rotatable bonds is 2. The Kier molecular flexibility index (Phi) is 2.44. The Morgan fingerprint density at radius 3 is 2.76 bits per heavy atom. The topological polar surface area (TPSA) is 63.3 Å². The van der Waals surface area contributed by atoms with Gasteiger partial charge >= 0.3 is 5.97 Å². The van der Waals surface area contributed by atoms with Crippen LogP contribution in [0.5, 0.6) is 0 Å². The minimum atomic E-state index is -1.03. The summed E-state index contributed by atoms with van der Waals surface area (Å²) in [5, 5.41) is 9.29. The molecule has 1 aromatic carbocycles. The Balaban J connectivity index is 2.02. The summed E-state index contributed by atoms with van der Waals surface area (Å²) in [4.78, 5) is 15.6. The Morgan fingerprint density at radius 2 is 2.00 bits per heavy atom. The fraction of sp³-hybridized carbons (Fsp3) is 0.0588. The minimum Gasteiger partial charge on any atom is -0.477 e. The summed E-state index contributed by atoms with van der Waals surface area (Å²) in [7, 11) is 0. The average molecular weight is 277 g/mol. The molecule has 0 fully saturated rings. The van der Waals surface area contributed by atoms with Crippen LogP contribution in [0.1, 0.15) is 21.6 Å². The lowest BCUT2D eigenvalue weighted by Crippen LogP contribution is -2.03. The van der Waals surface area contributed by atoms with Crippen LogP contribution in [0.25, 0.3) is 22.6 Å². The lowest BCUT2D eigenvalue weighted by molar-refractivity contribution is 0.0690. The quantitative estimate of drug-likeness (QED) is 0.608. The van der Waals surface area contributed by atoms with E-state index < -0.39 is 5.97 Å². The second kappa shape index (κ2) is 4.31. The Hall–Kier alpha value is -2.88. The zero-order chi connectivity index (χ0) is 14.4. The Bertz CT molecular complexity index is 850. The number of benzene rings is 1. The van der Waals surface area contributed by atoms with Crippen LogP contribution in [0.3, 0.4) is 0 Å². The number of aromatic nitrogens is 1. The van der Waals surface area contributed by atoms with Gasteiger partial charge in [0.25, 0.3) is 0 Å². The third kappa shape index (κ3) is 1.76. The lowest BCUT2D eigenvalue weighted by Gasteiger charge is -2.07. The van der Waals surface area contributed by atoms with E-state index in [9.17, 15) is 9.90 Å². The van der Waals surface area contributed by atoms with Gasteiger partial charge in [-0.1, -0.05) is 24.3 Å². The summed E-state index contributed by atoms with van der Waals surface area (Å²) >= 11 is 0. The van der Waals surface area contributed by atoms with Gasteiger partial charge in [-0.25, -0.2) is 9.78 Å². The number of nitrogens with zero attached hydrogens (tertiary/aromatic N) is 1. The van der Waals surface area contributed by atoms with Gasteiger partial charge in [0.15, 0.2) is 5.76 Å². The van der Waals surface area contributed by atoms with Crippen LogP contribution in [0, 0.1) is 0 Å². The van der Waals surface area contributed by atoms with E-state index in [4.69, 9.17) is 4.42 Å². The molecule has 0 bridgehead atoms. The van der Waals surface area contributed by atoms with E-state index in [0.29, 0.717) is 11.5 Å². The van der Waals surface area contributed by atoms with E-state index in [1.807, 2.05) is 18.2 Å². The number of carboxylic acid groups (broad SMARTS) is 1. The molecule has 21 heavy (non-hydrogen) atoms. The molecule has 1 aliphatic rings. The molecule has 3 aromatic rings. The first kappa shape index (κ1) is 11.9. The predicted octanol–water partition coefficient (Wildman–Crippen LogP) is 3.61. The summed E-state index contributed by atoms with van der Waals surface area (Å²) in [5.41, 5.74) is 4.87. The van der Waals surface area contributed by atoms with Crippen molar-refractivity contribution in [1.29, 1.82) is 0 Å². The predicted molar refractivity (Wildman–Crippen MR) is 77.1 cm³/mol. The van der Waals surface area contributed by atoms with E-state index in [2.05, 4.69) is 11.1 Å². The van der Waals surface area contributed by atoms with E-state index in [0.717, 1.165) is 23.1 Å². The molecule has 0 aliphatic heterocycles. The maximum Gasteiger partial charge on any atom is 0.354 e. The van der Waals surface area contributed by atoms with Gasteiger partial charge in [-0.2, -0.15) is 0 Å². The molecule has 4 nitrogen and oxygen atoms in total. The maximum atomic E-state index is 11.3. The summed E-state index contributed by atoms with van der Waals surface area (Å²) in [6, 6.07) is 13.2. The molecule has 0 unspecified atom stereocenters. The van der Waals surface area contributed by atoms with E-state index in [1.165, 1.54) is 5.56 Å². The summed E-state index contributed by atoms with van der Waals surface area (Å²) < 4.78 is 5.42. The number of furan rings is 1. The van der Waals surface area contributed by atoms with E-state index in [-0.39, 0.29) is 5.69 Å². The zero-order valence-corrected chi connectivity index (χ0v) is 11.0. The van der Waals surface area contributed by atoms with Gasteiger partial charge in [-0.3, -0.25) is 0 Å². The van der Waals surface area contributed by atoms with Crippen LogP contribution in [0.4, 0.5) is 0 Å². The first-order valence-corrected chi connectivity index (χ1v) is 6.63. The van der Waals surface area contributed by atoms with Crippen LogP contribution in [-0.4, -0.2) is 16.1 Å². The van der Waals surface area contributed by atoms with Gasteiger partial charge in [0.1, 0.15) is 11.4 Å².